The zero-order valence-electron chi connectivity index (χ0n) is 15.7. The Balaban J connectivity index is 0.00000225. The van der Waals surface area contributed by atoms with Gasteiger partial charge < -0.3 is 20.0 Å². The second-order valence-corrected chi connectivity index (χ2v) is 7.32. The van der Waals surface area contributed by atoms with Crippen molar-refractivity contribution in [1.29, 1.82) is 0 Å². The maximum atomic E-state index is 13.5. The molecule has 0 aliphatic carbocycles. The average molecular weight is 404 g/mol. The number of halogens is 1. The van der Waals surface area contributed by atoms with Gasteiger partial charge in [-0.3, -0.25) is 9.59 Å². The van der Waals surface area contributed by atoms with E-state index in [0.29, 0.717) is 6.42 Å². The van der Waals surface area contributed by atoms with E-state index < -0.39 is 6.04 Å². The first-order valence-electron chi connectivity index (χ1n) is 9.63. The summed E-state index contributed by atoms with van der Waals surface area (Å²) in [6, 6.07) is 13.0. The van der Waals surface area contributed by atoms with Crippen LogP contribution in [-0.4, -0.2) is 47.9 Å². The molecule has 2 aliphatic rings. The maximum Gasteiger partial charge on any atom is 0.287 e. The van der Waals surface area contributed by atoms with Crippen LogP contribution in [0.3, 0.4) is 0 Å². The minimum absolute atomic E-state index is 0. The van der Waals surface area contributed by atoms with E-state index in [-0.39, 0.29) is 42.1 Å². The Bertz CT molecular complexity index is 767. The number of nitrogens with one attached hydrogen (secondary N) is 2. The van der Waals surface area contributed by atoms with E-state index in [4.69, 9.17) is 4.42 Å². The molecule has 6 nitrogen and oxygen atoms in total. The number of carbonyl (C=O) groups is 2. The third kappa shape index (κ3) is 4.39. The average Bonchev–Trinajstić information content (AvgIpc) is 3.29. The topological polar surface area (TPSA) is 74.6 Å². The van der Waals surface area contributed by atoms with Gasteiger partial charge in [0.25, 0.3) is 5.91 Å². The van der Waals surface area contributed by atoms with Crippen molar-refractivity contribution in [3.63, 3.8) is 0 Å². The van der Waals surface area contributed by atoms with E-state index in [9.17, 15) is 9.59 Å². The Kier molecular flexibility index (Phi) is 6.75. The van der Waals surface area contributed by atoms with Gasteiger partial charge in [0, 0.05) is 25.0 Å². The van der Waals surface area contributed by atoms with Gasteiger partial charge in [0.2, 0.25) is 5.91 Å². The Hall–Kier alpha value is -2.31. The van der Waals surface area contributed by atoms with E-state index in [1.54, 1.807) is 12.1 Å². The van der Waals surface area contributed by atoms with Crippen LogP contribution in [-0.2, 0) is 11.2 Å². The summed E-state index contributed by atoms with van der Waals surface area (Å²) in [7, 11) is 0. The summed E-state index contributed by atoms with van der Waals surface area (Å²) >= 11 is 0. The molecule has 2 aliphatic heterocycles. The van der Waals surface area contributed by atoms with Crippen molar-refractivity contribution in [3.8, 4) is 0 Å². The molecular weight excluding hydrogens is 378 g/mol. The summed E-state index contributed by atoms with van der Waals surface area (Å²) in [6.45, 7) is 1.76. The van der Waals surface area contributed by atoms with Crippen LogP contribution in [0, 0.1) is 0 Å². The Morgan fingerprint density at radius 1 is 1.11 bits per heavy atom. The molecular formula is C21H26ClN3O3. The van der Waals surface area contributed by atoms with Gasteiger partial charge in [-0.25, -0.2) is 0 Å². The molecule has 28 heavy (non-hydrogen) atoms. The number of carbonyl (C=O) groups excluding carboxylic acids is 2. The summed E-state index contributed by atoms with van der Waals surface area (Å²) in [5.74, 6) is -0.120. The smallest absolute Gasteiger partial charge is 0.287 e. The van der Waals surface area contributed by atoms with E-state index in [0.717, 1.165) is 37.9 Å². The number of hydrogen-bond donors (Lipinski definition) is 2. The standard InChI is InChI=1S/C21H25N3O3.ClH/c25-20(19-7-4-12-27-19)23-18(13-15-5-2-1-3-6-15)21(26)24-16-8-9-17(24)14-22-11-10-16;/h1-7,12,16-18,22H,8-11,13-14H2,(H,23,25);1H. The molecule has 1 aromatic carbocycles. The fourth-order valence-corrected chi connectivity index (χ4v) is 4.21. The molecule has 2 fully saturated rings. The van der Waals surface area contributed by atoms with E-state index in [1.165, 1.54) is 6.26 Å². The summed E-state index contributed by atoms with van der Waals surface area (Å²) in [5.41, 5.74) is 1.02. The van der Waals surface area contributed by atoms with Crippen LogP contribution < -0.4 is 10.6 Å². The number of rotatable bonds is 5. The number of fused-ring (bicyclic) bond motifs is 2. The minimum Gasteiger partial charge on any atom is -0.459 e. The number of hydrogen-bond acceptors (Lipinski definition) is 4. The molecule has 1 aromatic heterocycles. The van der Waals surface area contributed by atoms with Gasteiger partial charge in [-0.1, -0.05) is 30.3 Å². The van der Waals surface area contributed by atoms with Crippen LogP contribution in [0.4, 0.5) is 0 Å². The van der Waals surface area contributed by atoms with E-state index >= 15 is 0 Å². The highest BCUT2D eigenvalue weighted by Gasteiger charge is 2.41. The first kappa shape index (κ1) is 20.4. The van der Waals surface area contributed by atoms with Crippen LogP contribution in [0.1, 0.15) is 35.4 Å². The Morgan fingerprint density at radius 3 is 2.64 bits per heavy atom. The van der Waals surface area contributed by atoms with Crippen molar-refractivity contribution in [2.24, 2.45) is 0 Å². The minimum atomic E-state index is -0.605. The molecule has 3 unspecified atom stereocenters. The molecule has 3 atom stereocenters. The molecule has 0 radical (unpaired) electrons. The second-order valence-electron chi connectivity index (χ2n) is 7.32. The predicted molar refractivity (Wildman–Crippen MR) is 108 cm³/mol. The van der Waals surface area contributed by atoms with Crippen LogP contribution >= 0.6 is 12.4 Å². The zero-order chi connectivity index (χ0) is 18.6. The van der Waals surface area contributed by atoms with Crippen molar-refractivity contribution in [2.75, 3.05) is 13.1 Å². The number of nitrogens with zero attached hydrogens (tertiary/aromatic N) is 1. The molecule has 2 bridgehead atoms. The van der Waals surface area contributed by atoms with E-state index in [1.807, 2.05) is 35.2 Å². The molecule has 2 aromatic rings. The number of amides is 2. The third-order valence-electron chi connectivity index (χ3n) is 5.54. The predicted octanol–water partition coefficient (Wildman–Crippen LogP) is 2.40. The van der Waals surface area contributed by atoms with Gasteiger partial charge >= 0.3 is 0 Å². The quantitative estimate of drug-likeness (QED) is 0.803. The first-order chi connectivity index (χ1) is 13.2. The van der Waals surface area contributed by atoms with Crippen LogP contribution in [0.25, 0.3) is 0 Å². The number of benzene rings is 1. The summed E-state index contributed by atoms with van der Waals surface area (Å²) < 4.78 is 5.20. The van der Waals surface area contributed by atoms with Crippen molar-refractivity contribution in [1.82, 2.24) is 15.5 Å². The van der Waals surface area contributed by atoms with Gasteiger partial charge in [-0.15, -0.1) is 12.4 Å². The van der Waals surface area contributed by atoms with Crippen LogP contribution in [0.5, 0.6) is 0 Å². The van der Waals surface area contributed by atoms with Gasteiger partial charge in [-0.2, -0.15) is 0 Å². The number of furan rings is 1. The largest absolute Gasteiger partial charge is 0.459 e. The lowest BCUT2D eigenvalue weighted by Crippen LogP contribution is -2.53. The molecule has 0 saturated carbocycles. The fraction of sp³-hybridized carbons (Fsp3) is 0.429. The maximum absolute atomic E-state index is 13.5. The third-order valence-corrected chi connectivity index (χ3v) is 5.54. The molecule has 4 rings (SSSR count). The van der Waals surface area contributed by atoms with Crippen molar-refractivity contribution >= 4 is 24.2 Å². The SMILES string of the molecule is Cl.O=C(NC(Cc1ccccc1)C(=O)N1C2CCNCC1CC2)c1ccco1. The molecule has 2 amide bonds. The summed E-state index contributed by atoms with van der Waals surface area (Å²) in [4.78, 5) is 28.1. The lowest BCUT2D eigenvalue weighted by molar-refractivity contribution is -0.135. The van der Waals surface area contributed by atoms with Crippen molar-refractivity contribution < 1.29 is 14.0 Å². The highest BCUT2D eigenvalue weighted by Crippen LogP contribution is 2.29. The van der Waals surface area contributed by atoms with Crippen LogP contribution in [0.2, 0.25) is 0 Å². The lowest BCUT2D eigenvalue weighted by atomic mass is 10.0. The van der Waals surface area contributed by atoms with Gasteiger partial charge in [0.05, 0.1) is 6.26 Å². The highest BCUT2D eigenvalue weighted by atomic mass is 35.5. The molecule has 150 valence electrons. The first-order valence-corrected chi connectivity index (χ1v) is 9.63. The zero-order valence-corrected chi connectivity index (χ0v) is 16.5. The molecule has 0 spiro atoms. The monoisotopic (exact) mass is 403 g/mol. The normalized spacial score (nSPS) is 22.1. The van der Waals surface area contributed by atoms with Crippen molar-refractivity contribution in [3.05, 3.63) is 60.1 Å². The Morgan fingerprint density at radius 2 is 1.89 bits per heavy atom. The summed E-state index contributed by atoms with van der Waals surface area (Å²) in [6.07, 6.45) is 4.96. The molecule has 3 heterocycles. The highest BCUT2D eigenvalue weighted by molar-refractivity contribution is 5.95. The lowest BCUT2D eigenvalue weighted by Gasteiger charge is -2.32. The fourth-order valence-electron chi connectivity index (χ4n) is 4.21. The van der Waals surface area contributed by atoms with Gasteiger partial charge in [0.1, 0.15) is 6.04 Å². The van der Waals surface area contributed by atoms with Crippen molar-refractivity contribution in [2.45, 2.75) is 43.8 Å². The Labute approximate surface area is 171 Å². The van der Waals surface area contributed by atoms with Gasteiger partial charge in [0.15, 0.2) is 5.76 Å². The summed E-state index contributed by atoms with van der Waals surface area (Å²) in [5, 5.41) is 6.33. The van der Waals surface area contributed by atoms with Gasteiger partial charge in [-0.05, 0) is 43.5 Å². The molecule has 2 saturated heterocycles. The molecule has 2 N–H and O–H groups in total. The molecule has 7 heteroatoms. The second kappa shape index (κ2) is 9.26. The van der Waals surface area contributed by atoms with Crippen LogP contribution in [0.15, 0.2) is 53.1 Å². The van der Waals surface area contributed by atoms with E-state index in [2.05, 4.69) is 10.6 Å².